The van der Waals surface area contributed by atoms with Gasteiger partial charge in [-0.05, 0) is 67.1 Å². The molecule has 3 N–H and O–H groups in total. The van der Waals surface area contributed by atoms with Crippen molar-refractivity contribution in [2.24, 2.45) is 5.73 Å². The van der Waals surface area contributed by atoms with Crippen molar-refractivity contribution in [1.82, 2.24) is 10.2 Å². The molecule has 0 aromatic heterocycles. The lowest BCUT2D eigenvalue weighted by molar-refractivity contribution is -0.0179. The third-order valence-electron chi connectivity index (χ3n) is 4.12. The van der Waals surface area contributed by atoms with Crippen LogP contribution in [0.4, 0.5) is 0 Å². The summed E-state index contributed by atoms with van der Waals surface area (Å²) in [6.07, 6.45) is 3.52. The Bertz CT molecular complexity index is 205. The van der Waals surface area contributed by atoms with E-state index in [-0.39, 0.29) is 11.1 Å². The van der Waals surface area contributed by atoms with Crippen LogP contribution in [0, 0.1) is 0 Å². The van der Waals surface area contributed by atoms with Crippen LogP contribution in [0.25, 0.3) is 0 Å². The molecule has 1 aliphatic rings. The summed E-state index contributed by atoms with van der Waals surface area (Å²) >= 11 is 0. The van der Waals surface area contributed by atoms with Gasteiger partial charge in [0.1, 0.15) is 0 Å². The van der Waals surface area contributed by atoms with Gasteiger partial charge in [-0.1, -0.05) is 0 Å². The van der Waals surface area contributed by atoms with Gasteiger partial charge >= 0.3 is 0 Å². The first-order valence-electron chi connectivity index (χ1n) is 6.47. The van der Waals surface area contributed by atoms with Crippen LogP contribution in [0.1, 0.15) is 47.0 Å². The van der Waals surface area contributed by atoms with Crippen molar-refractivity contribution in [2.45, 2.75) is 64.1 Å². The molecular weight excluding hydrogens is 198 g/mol. The van der Waals surface area contributed by atoms with E-state index in [1.807, 2.05) is 0 Å². The van der Waals surface area contributed by atoms with E-state index in [1.54, 1.807) is 0 Å². The zero-order valence-corrected chi connectivity index (χ0v) is 11.6. The van der Waals surface area contributed by atoms with Crippen LogP contribution in [0.15, 0.2) is 0 Å². The fraction of sp³-hybridized carbons (Fsp3) is 1.00. The molecule has 1 rings (SSSR count). The van der Waals surface area contributed by atoms with E-state index in [0.29, 0.717) is 6.04 Å². The largest absolute Gasteiger partial charge is 0.330 e. The number of nitrogens with one attached hydrogen (secondary N) is 1. The second-order valence-corrected chi connectivity index (χ2v) is 6.39. The van der Waals surface area contributed by atoms with Crippen molar-refractivity contribution in [3.8, 4) is 0 Å². The molecule has 0 bridgehead atoms. The van der Waals surface area contributed by atoms with Crippen molar-refractivity contribution < 1.29 is 0 Å². The first-order chi connectivity index (χ1) is 7.29. The maximum Gasteiger partial charge on any atom is 0.0170 e. The number of hydrogen-bond donors (Lipinski definition) is 2. The highest BCUT2D eigenvalue weighted by Gasteiger charge is 2.42. The van der Waals surface area contributed by atoms with Gasteiger partial charge in [0, 0.05) is 17.1 Å². The first-order valence-corrected chi connectivity index (χ1v) is 6.47. The predicted octanol–water partition coefficient (Wildman–Crippen LogP) is 1.58. The molecule has 1 heterocycles. The molecule has 3 nitrogen and oxygen atoms in total. The topological polar surface area (TPSA) is 41.3 Å². The molecule has 1 saturated heterocycles. The average Bonchev–Trinajstić information content (AvgIpc) is 2.14. The number of piperidine rings is 1. The highest BCUT2D eigenvalue weighted by Crippen LogP contribution is 2.36. The number of nitrogens with zero attached hydrogens (tertiary/aromatic N) is 1. The Morgan fingerprint density at radius 2 is 1.69 bits per heavy atom. The van der Waals surface area contributed by atoms with Crippen molar-refractivity contribution in [3.05, 3.63) is 0 Å². The Morgan fingerprint density at radius 3 is 2.12 bits per heavy atom. The molecule has 0 unspecified atom stereocenters. The van der Waals surface area contributed by atoms with Gasteiger partial charge in [-0.15, -0.1) is 0 Å². The Hall–Kier alpha value is -0.120. The second-order valence-electron chi connectivity index (χ2n) is 6.39. The van der Waals surface area contributed by atoms with Gasteiger partial charge in [0.05, 0.1) is 0 Å². The van der Waals surface area contributed by atoms with Gasteiger partial charge in [0.25, 0.3) is 0 Å². The molecule has 16 heavy (non-hydrogen) atoms. The Labute approximate surface area is 101 Å². The molecule has 96 valence electrons. The van der Waals surface area contributed by atoms with E-state index in [4.69, 9.17) is 5.73 Å². The number of hydrogen-bond acceptors (Lipinski definition) is 3. The molecule has 3 heteroatoms. The van der Waals surface area contributed by atoms with Crippen molar-refractivity contribution >= 4 is 0 Å². The third kappa shape index (κ3) is 3.19. The minimum absolute atomic E-state index is 0.280. The maximum absolute atomic E-state index is 5.52. The molecule has 0 amide bonds. The summed E-state index contributed by atoms with van der Waals surface area (Å²) < 4.78 is 0. The summed E-state index contributed by atoms with van der Waals surface area (Å²) in [6.45, 7) is 11.2. The lowest BCUT2D eigenvalue weighted by atomic mass is 9.77. The quantitative estimate of drug-likeness (QED) is 0.717. The van der Waals surface area contributed by atoms with Gasteiger partial charge < -0.3 is 11.1 Å². The zero-order chi connectivity index (χ0) is 12.4. The second kappa shape index (κ2) is 5.03. The van der Waals surface area contributed by atoms with Crippen LogP contribution in [0.5, 0.6) is 0 Å². The molecule has 1 fully saturated rings. The summed E-state index contributed by atoms with van der Waals surface area (Å²) in [6, 6.07) is 0.632. The van der Waals surface area contributed by atoms with Gasteiger partial charge in [-0.3, -0.25) is 4.90 Å². The van der Waals surface area contributed by atoms with E-state index >= 15 is 0 Å². The van der Waals surface area contributed by atoms with E-state index in [0.717, 1.165) is 19.5 Å². The highest BCUT2D eigenvalue weighted by atomic mass is 15.2. The summed E-state index contributed by atoms with van der Waals surface area (Å²) in [5.74, 6) is 0. The Balaban J connectivity index is 2.57. The van der Waals surface area contributed by atoms with Crippen molar-refractivity contribution in [2.75, 3.05) is 20.1 Å². The van der Waals surface area contributed by atoms with Crippen LogP contribution < -0.4 is 11.1 Å². The fourth-order valence-corrected chi connectivity index (χ4v) is 2.92. The van der Waals surface area contributed by atoms with Crippen LogP contribution >= 0.6 is 0 Å². The smallest absolute Gasteiger partial charge is 0.0170 e. The summed E-state index contributed by atoms with van der Waals surface area (Å²) in [4.78, 5) is 2.51. The van der Waals surface area contributed by atoms with E-state index in [9.17, 15) is 0 Å². The Kier molecular flexibility index (Phi) is 4.38. The van der Waals surface area contributed by atoms with Crippen molar-refractivity contribution in [3.63, 3.8) is 0 Å². The van der Waals surface area contributed by atoms with Gasteiger partial charge in [0.2, 0.25) is 0 Å². The SMILES string of the molecule is CN1C(C)(C)CC(NCCCN)CC1(C)C. The van der Waals surface area contributed by atoms with Crippen LogP contribution in [0.2, 0.25) is 0 Å². The molecule has 1 aliphatic heterocycles. The summed E-state index contributed by atoms with van der Waals surface area (Å²) in [5.41, 5.74) is 6.08. The summed E-state index contributed by atoms with van der Waals surface area (Å²) in [5, 5.41) is 3.65. The van der Waals surface area contributed by atoms with Gasteiger partial charge in [-0.25, -0.2) is 0 Å². The lowest BCUT2D eigenvalue weighted by Crippen LogP contribution is -2.62. The molecule has 0 aromatic carbocycles. The molecular formula is C13H29N3. The highest BCUT2D eigenvalue weighted by molar-refractivity contribution is 5.00. The molecule has 0 saturated carbocycles. The first kappa shape index (κ1) is 13.9. The molecule has 0 spiro atoms. The Morgan fingerprint density at radius 1 is 1.19 bits per heavy atom. The predicted molar refractivity (Wildman–Crippen MR) is 70.6 cm³/mol. The normalized spacial score (nSPS) is 25.9. The lowest BCUT2D eigenvalue weighted by Gasteiger charge is -2.53. The average molecular weight is 227 g/mol. The van der Waals surface area contributed by atoms with Crippen LogP contribution in [-0.2, 0) is 0 Å². The minimum atomic E-state index is 0.280. The van der Waals surface area contributed by atoms with Gasteiger partial charge in [0.15, 0.2) is 0 Å². The van der Waals surface area contributed by atoms with Gasteiger partial charge in [-0.2, -0.15) is 0 Å². The molecule has 0 atom stereocenters. The molecule has 0 aromatic rings. The van der Waals surface area contributed by atoms with Crippen LogP contribution in [-0.4, -0.2) is 42.2 Å². The molecule has 0 aliphatic carbocycles. The number of rotatable bonds is 4. The van der Waals surface area contributed by atoms with E-state index in [1.165, 1.54) is 12.8 Å². The summed E-state index contributed by atoms with van der Waals surface area (Å²) in [7, 11) is 2.25. The third-order valence-corrected chi connectivity index (χ3v) is 4.12. The fourth-order valence-electron chi connectivity index (χ4n) is 2.92. The standard InChI is InChI=1S/C13H29N3/c1-12(2)9-11(15-8-6-7-14)10-13(3,4)16(12)5/h11,15H,6-10,14H2,1-5H3. The monoisotopic (exact) mass is 227 g/mol. The molecule has 0 radical (unpaired) electrons. The zero-order valence-electron chi connectivity index (χ0n) is 11.6. The van der Waals surface area contributed by atoms with Crippen LogP contribution in [0.3, 0.4) is 0 Å². The minimum Gasteiger partial charge on any atom is -0.330 e. The van der Waals surface area contributed by atoms with E-state index < -0.39 is 0 Å². The maximum atomic E-state index is 5.52. The number of likely N-dealkylation sites (tertiary alicyclic amines) is 1. The van der Waals surface area contributed by atoms with Crippen molar-refractivity contribution in [1.29, 1.82) is 0 Å². The number of nitrogens with two attached hydrogens (primary N) is 1. The van der Waals surface area contributed by atoms with E-state index in [2.05, 4.69) is 45.0 Å².